The zero-order chi connectivity index (χ0) is 9.97. The predicted octanol–water partition coefficient (Wildman–Crippen LogP) is 1.30. The molecule has 72 valence electrons. The lowest BCUT2D eigenvalue weighted by Crippen LogP contribution is -2.30. The van der Waals surface area contributed by atoms with Crippen LogP contribution in [0.15, 0.2) is 29.6 Å². The smallest absolute Gasteiger partial charge is 0.267 e. The molecule has 1 aromatic heterocycles. The highest BCUT2D eigenvalue weighted by atomic mass is 16.2. The molecule has 2 rings (SSSR count). The molecule has 1 aliphatic rings. The van der Waals surface area contributed by atoms with E-state index in [-0.39, 0.29) is 11.9 Å². The number of nitrogens with zero attached hydrogens (tertiary/aromatic N) is 3. The number of carbonyl (C=O) groups is 1. The Morgan fingerprint density at radius 1 is 1.64 bits per heavy atom. The van der Waals surface area contributed by atoms with Crippen molar-refractivity contribution >= 4 is 12.1 Å². The summed E-state index contributed by atoms with van der Waals surface area (Å²) in [5, 5.41) is 5.52. The van der Waals surface area contributed by atoms with Crippen LogP contribution in [-0.4, -0.2) is 28.2 Å². The Bertz CT molecular complexity index is 361. The lowest BCUT2D eigenvalue weighted by atomic mass is 10.2. The maximum atomic E-state index is 11.8. The van der Waals surface area contributed by atoms with E-state index in [1.807, 2.05) is 6.92 Å². The SMILES string of the molecule is C[C@@H]1CC=NN1C(=O)c1cccnc1. The first-order chi connectivity index (χ1) is 6.79. The Hall–Kier alpha value is -1.71. The molecule has 14 heavy (non-hydrogen) atoms. The van der Waals surface area contributed by atoms with Gasteiger partial charge in [-0.2, -0.15) is 5.10 Å². The van der Waals surface area contributed by atoms with Gasteiger partial charge in [0.25, 0.3) is 5.91 Å². The lowest BCUT2D eigenvalue weighted by molar-refractivity contribution is 0.0724. The second-order valence-electron chi connectivity index (χ2n) is 3.27. The fraction of sp³-hybridized carbons (Fsp3) is 0.300. The van der Waals surface area contributed by atoms with Gasteiger partial charge in [-0.05, 0) is 19.1 Å². The summed E-state index contributed by atoms with van der Waals surface area (Å²) < 4.78 is 0. The van der Waals surface area contributed by atoms with Crippen molar-refractivity contribution in [2.24, 2.45) is 5.10 Å². The monoisotopic (exact) mass is 189 g/mol. The summed E-state index contributed by atoms with van der Waals surface area (Å²) >= 11 is 0. The standard InChI is InChI=1S/C10H11N3O/c1-8-4-6-12-13(8)10(14)9-3-2-5-11-7-9/h2-3,5-8H,4H2,1H3/t8-/m1/s1. The van der Waals surface area contributed by atoms with Crippen LogP contribution in [0.2, 0.25) is 0 Å². The van der Waals surface area contributed by atoms with Crippen LogP contribution < -0.4 is 0 Å². The molecule has 0 saturated heterocycles. The van der Waals surface area contributed by atoms with Gasteiger partial charge in [-0.25, -0.2) is 5.01 Å². The Morgan fingerprint density at radius 2 is 2.50 bits per heavy atom. The van der Waals surface area contributed by atoms with E-state index in [0.717, 1.165) is 6.42 Å². The molecule has 2 heterocycles. The number of hydrogen-bond acceptors (Lipinski definition) is 3. The molecule has 0 N–H and O–H groups in total. The summed E-state index contributed by atoms with van der Waals surface area (Å²) in [5.41, 5.74) is 0.582. The number of aromatic nitrogens is 1. The number of hydrazone groups is 1. The van der Waals surface area contributed by atoms with E-state index in [4.69, 9.17) is 0 Å². The molecule has 1 aromatic rings. The van der Waals surface area contributed by atoms with Crippen molar-refractivity contribution in [3.63, 3.8) is 0 Å². The van der Waals surface area contributed by atoms with E-state index in [2.05, 4.69) is 10.1 Å². The molecule has 0 bridgehead atoms. The van der Waals surface area contributed by atoms with Gasteiger partial charge in [0.2, 0.25) is 0 Å². The quantitative estimate of drug-likeness (QED) is 0.668. The van der Waals surface area contributed by atoms with E-state index in [1.54, 1.807) is 30.7 Å². The molecular weight excluding hydrogens is 178 g/mol. The summed E-state index contributed by atoms with van der Waals surface area (Å²) in [4.78, 5) is 15.7. The largest absolute Gasteiger partial charge is 0.275 e. The van der Waals surface area contributed by atoms with Crippen LogP contribution in [0.5, 0.6) is 0 Å². The molecule has 1 atom stereocenters. The molecule has 0 radical (unpaired) electrons. The number of amides is 1. The fourth-order valence-electron chi connectivity index (χ4n) is 1.38. The van der Waals surface area contributed by atoms with Crippen molar-refractivity contribution in [3.8, 4) is 0 Å². The van der Waals surface area contributed by atoms with E-state index in [1.165, 1.54) is 5.01 Å². The van der Waals surface area contributed by atoms with Gasteiger partial charge >= 0.3 is 0 Å². The number of carbonyl (C=O) groups excluding carboxylic acids is 1. The number of rotatable bonds is 1. The van der Waals surface area contributed by atoms with E-state index >= 15 is 0 Å². The first-order valence-electron chi connectivity index (χ1n) is 4.55. The molecule has 0 saturated carbocycles. The molecule has 0 spiro atoms. The third kappa shape index (κ3) is 1.51. The van der Waals surface area contributed by atoms with Gasteiger partial charge < -0.3 is 0 Å². The molecule has 0 fully saturated rings. The summed E-state index contributed by atoms with van der Waals surface area (Å²) in [6.45, 7) is 1.97. The average molecular weight is 189 g/mol. The van der Waals surface area contributed by atoms with Crippen LogP contribution in [0.25, 0.3) is 0 Å². The minimum absolute atomic E-state index is 0.0839. The van der Waals surface area contributed by atoms with Crippen molar-refractivity contribution < 1.29 is 4.79 Å². The molecule has 1 aliphatic heterocycles. The number of pyridine rings is 1. The second kappa shape index (κ2) is 3.57. The normalized spacial score (nSPS) is 20.1. The van der Waals surface area contributed by atoms with Crippen molar-refractivity contribution in [1.29, 1.82) is 0 Å². The first-order valence-corrected chi connectivity index (χ1v) is 4.55. The highest BCUT2D eigenvalue weighted by Gasteiger charge is 2.23. The summed E-state index contributed by atoms with van der Waals surface area (Å²) in [5.74, 6) is -0.0839. The minimum atomic E-state index is -0.0839. The highest BCUT2D eigenvalue weighted by Crippen LogP contribution is 2.13. The molecule has 0 aromatic carbocycles. The van der Waals surface area contributed by atoms with E-state index in [0.29, 0.717) is 5.56 Å². The van der Waals surface area contributed by atoms with Crippen LogP contribution >= 0.6 is 0 Å². The Morgan fingerprint density at radius 3 is 3.07 bits per heavy atom. The van der Waals surface area contributed by atoms with Crippen molar-refractivity contribution in [2.75, 3.05) is 0 Å². The maximum Gasteiger partial charge on any atom is 0.275 e. The van der Waals surface area contributed by atoms with Crippen LogP contribution in [0.1, 0.15) is 23.7 Å². The molecule has 1 amide bonds. The van der Waals surface area contributed by atoms with Crippen molar-refractivity contribution in [3.05, 3.63) is 30.1 Å². The maximum absolute atomic E-state index is 11.8. The minimum Gasteiger partial charge on any atom is -0.267 e. The van der Waals surface area contributed by atoms with Gasteiger partial charge in [-0.15, -0.1) is 0 Å². The van der Waals surface area contributed by atoms with Gasteiger partial charge in [0, 0.05) is 25.0 Å². The van der Waals surface area contributed by atoms with Gasteiger partial charge in [0.1, 0.15) is 0 Å². The number of hydrogen-bond donors (Lipinski definition) is 0. The average Bonchev–Trinajstić information content (AvgIpc) is 2.65. The van der Waals surface area contributed by atoms with Crippen LogP contribution in [0.3, 0.4) is 0 Å². The highest BCUT2D eigenvalue weighted by molar-refractivity contribution is 5.95. The Labute approximate surface area is 82.3 Å². The van der Waals surface area contributed by atoms with Crippen molar-refractivity contribution in [1.82, 2.24) is 9.99 Å². The predicted molar refractivity (Wildman–Crippen MR) is 53.0 cm³/mol. The molecule has 0 aliphatic carbocycles. The Balaban J connectivity index is 2.20. The second-order valence-corrected chi connectivity index (χ2v) is 3.27. The van der Waals surface area contributed by atoms with Gasteiger partial charge in [0.05, 0.1) is 11.6 Å². The van der Waals surface area contributed by atoms with Crippen LogP contribution in [-0.2, 0) is 0 Å². The zero-order valence-corrected chi connectivity index (χ0v) is 7.92. The molecule has 0 unspecified atom stereocenters. The van der Waals surface area contributed by atoms with Crippen LogP contribution in [0, 0.1) is 0 Å². The third-order valence-electron chi connectivity index (χ3n) is 2.19. The third-order valence-corrected chi connectivity index (χ3v) is 2.19. The van der Waals surface area contributed by atoms with Crippen molar-refractivity contribution in [2.45, 2.75) is 19.4 Å². The summed E-state index contributed by atoms with van der Waals surface area (Å²) in [6.07, 6.45) is 5.79. The van der Waals surface area contributed by atoms with Gasteiger partial charge in [-0.1, -0.05) is 0 Å². The fourth-order valence-corrected chi connectivity index (χ4v) is 1.38. The van der Waals surface area contributed by atoms with Crippen LogP contribution in [0.4, 0.5) is 0 Å². The molecule has 4 heteroatoms. The van der Waals surface area contributed by atoms with Gasteiger partial charge in [0.15, 0.2) is 0 Å². The topological polar surface area (TPSA) is 45.6 Å². The summed E-state index contributed by atoms with van der Waals surface area (Å²) in [7, 11) is 0. The zero-order valence-electron chi connectivity index (χ0n) is 7.92. The lowest BCUT2D eigenvalue weighted by Gasteiger charge is -2.17. The molecular formula is C10H11N3O. The van der Waals surface area contributed by atoms with E-state index in [9.17, 15) is 4.79 Å². The molecule has 4 nitrogen and oxygen atoms in total. The first kappa shape index (κ1) is 8.87. The summed E-state index contributed by atoms with van der Waals surface area (Å²) in [6, 6.07) is 3.65. The van der Waals surface area contributed by atoms with E-state index < -0.39 is 0 Å². The Kier molecular flexibility index (Phi) is 2.26. The van der Waals surface area contributed by atoms with Gasteiger partial charge in [-0.3, -0.25) is 9.78 Å².